The highest BCUT2D eigenvalue weighted by Crippen LogP contribution is 2.23. The number of nitrogens with zero attached hydrogens (tertiary/aromatic N) is 2. The highest BCUT2D eigenvalue weighted by atomic mass is 79.9. The largest absolute Gasteiger partial charge is 0.352 e. The van der Waals surface area contributed by atoms with Crippen molar-refractivity contribution in [1.82, 2.24) is 10.2 Å². The fourth-order valence-electron chi connectivity index (χ4n) is 4.19. The molecule has 0 saturated heterocycles. The summed E-state index contributed by atoms with van der Waals surface area (Å²) >= 11 is 3.36. The fourth-order valence-corrected chi connectivity index (χ4v) is 5.42. The summed E-state index contributed by atoms with van der Waals surface area (Å²) < 4.78 is 27.0. The number of anilines is 1. The van der Waals surface area contributed by atoms with E-state index >= 15 is 0 Å². The van der Waals surface area contributed by atoms with Crippen LogP contribution in [0.5, 0.6) is 0 Å². The molecule has 9 heteroatoms. The summed E-state index contributed by atoms with van der Waals surface area (Å²) in [7, 11) is -3.74. The Kier molecular flexibility index (Phi) is 8.76. The molecule has 0 radical (unpaired) electrons. The monoisotopic (exact) mass is 549 g/mol. The van der Waals surface area contributed by atoms with Gasteiger partial charge in [0.1, 0.15) is 12.6 Å². The Bertz CT molecular complexity index is 1130. The predicted molar refractivity (Wildman–Crippen MR) is 138 cm³/mol. The third kappa shape index (κ3) is 6.82. The topological polar surface area (TPSA) is 86.8 Å². The van der Waals surface area contributed by atoms with Gasteiger partial charge < -0.3 is 10.2 Å². The van der Waals surface area contributed by atoms with Gasteiger partial charge in [0.25, 0.3) is 0 Å². The minimum absolute atomic E-state index is 0.125. The van der Waals surface area contributed by atoms with E-state index in [2.05, 4.69) is 21.2 Å². The van der Waals surface area contributed by atoms with E-state index in [0.29, 0.717) is 10.2 Å². The first-order valence-corrected chi connectivity index (χ1v) is 14.1. The van der Waals surface area contributed by atoms with Crippen LogP contribution >= 0.6 is 15.9 Å². The van der Waals surface area contributed by atoms with Crippen LogP contribution in [-0.4, -0.2) is 50.0 Å². The number of carbonyl (C=O) groups is 2. The molecule has 1 atom stereocenters. The number of benzene rings is 2. The zero-order valence-corrected chi connectivity index (χ0v) is 22.2. The van der Waals surface area contributed by atoms with Crippen LogP contribution in [0.3, 0.4) is 0 Å². The van der Waals surface area contributed by atoms with E-state index in [9.17, 15) is 18.0 Å². The Labute approximate surface area is 210 Å². The van der Waals surface area contributed by atoms with Gasteiger partial charge in [-0.15, -0.1) is 0 Å². The van der Waals surface area contributed by atoms with Gasteiger partial charge in [0.2, 0.25) is 21.8 Å². The molecule has 34 heavy (non-hydrogen) atoms. The van der Waals surface area contributed by atoms with Crippen molar-refractivity contribution in [3.8, 4) is 0 Å². The lowest BCUT2D eigenvalue weighted by molar-refractivity contribution is -0.139. The van der Waals surface area contributed by atoms with E-state index in [1.54, 1.807) is 31.2 Å². The van der Waals surface area contributed by atoms with Gasteiger partial charge in [-0.05, 0) is 56.0 Å². The van der Waals surface area contributed by atoms with Crippen molar-refractivity contribution in [3.63, 3.8) is 0 Å². The Morgan fingerprint density at radius 2 is 1.79 bits per heavy atom. The molecule has 0 aromatic heterocycles. The highest BCUT2D eigenvalue weighted by Gasteiger charge is 2.31. The average Bonchev–Trinajstić information content (AvgIpc) is 3.28. The Morgan fingerprint density at radius 3 is 2.41 bits per heavy atom. The second-order valence-electron chi connectivity index (χ2n) is 8.86. The summed E-state index contributed by atoms with van der Waals surface area (Å²) in [6.45, 7) is 3.46. The molecule has 2 aromatic carbocycles. The number of hydrogen-bond acceptors (Lipinski definition) is 4. The molecule has 2 aromatic rings. The zero-order valence-electron chi connectivity index (χ0n) is 19.8. The maximum absolute atomic E-state index is 13.6. The number of nitrogens with one attached hydrogen (secondary N) is 1. The molecule has 0 spiro atoms. The summed E-state index contributed by atoms with van der Waals surface area (Å²) in [6.07, 6.45) is 5.12. The van der Waals surface area contributed by atoms with Crippen molar-refractivity contribution < 1.29 is 18.0 Å². The van der Waals surface area contributed by atoms with Crippen LogP contribution < -0.4 is 9.62 Å². The van der Waals surface area contributed by atoms with Gasteiger partial charge in [-0.25, -0.2) is 8.42 Å². The molecule has 1 fully saturated rings. The van der Waals surface area contributed by atoms with Crippen LogP contribution in [0.1, 0.15) is 43.7 Å². The molecule has 3 rings (SSSR count). The van der Waals surface area contributed by atoms with E-state index in [4.69, 9.17) is 0 Å². The quantitative estimate of drug-likeness (QED) is 0.512. The average molecular weight is 551 g/mol. The third-order valence-electron chi connectivity index (χ3n) is 6.25. The van der Waals surface area contributed by atoms with Gasteiger partial charge in [0, 0.05) is 17.1 Å². The molecular formula is C25H32BrN3O4S. The second-order valence-corrected chi connectivity index (χ2v) is 11.7. The van der Waals surface area contributed by atoms with Gasteiger partial charge >= 0.3 is 0 Å². The smallest absolute Gasteiger partial charge is 0.244 e. The van der Waals surface area contributed by atoms with Crippen molar-refractivity contribution in [2.45, 2.75) is 58.2 Å². The number of carbonyl (C=O) groups excluding carboxylic acids is 2. The minimum Gasteiger partial charge on any atom is -0.352 e. The van der Waals surface area contributed by atoms with Crippen LogP contribution in [0, 0.1) is 6.92 Å². The van der Waals surface area contributed by atoms with Gasteiger partial charge in [-0.2, -0.15) is 0 Å². The van der Waals surface area contributed by atoms with E-state index in [0.717, 1.165) is 47.4 Å². The maximum Gasteiger partial charge on any atom is 0.244 e. The number of sulfonamides is 1. The number of aryl methyl sites for hydroxylation is 1. The molecule has 1 saturated carbocycles. The Hall–Kier alpha value is -2.39. The lowest BCUT2D eigenvalue weighted by Crippen LogP contribution is -2.52. The van der Waals surface area contributed by atoms with Crippen LogP contribution in [0.25, 0.3) is 0 Å². The first-order chi connectivity index (χ1) is 16.1. The summed E-state index contributed by atoms with van der Waals surface area (Å²) in [4.78, 5) is 28.1. The van der Waals surface area contributed by atoms with Crippen LogP contribution in [0.15, 0.2) is 53.0 Å². The molecular weight excluding hydrogens is 518 g/mol. The summed E-state index contributed by atoms with van der Waals surface area (Å²) in [5.41, 5.74) is 2.28. The SMILES string of the molecule is Cc1ccccc1CN(C(=O)CN(c1cccc(Br)c1)S(C)(=O)=O)[C@H](C)C(=O)NC1CCCC1. The molecule has 184 valence electrons. The van der Waals surface area contributed by atoms with Crippen molar-refractivity contribution in [2.24, 2.45) is 0 Å². The second kappa shape index (κ2) is 11.4. The summed E-state index contributed by atoms with van der Waals surface area (Å²) in [5.74, 6) is -0.662. The molecule has 1 N–H and O–H groups in total. The molecule has 0 aliphatic heterocycles. The van der Waals surface area contributed by atoms with Crippen molar-refractivity contribution in [2.75, 3.05) is 17.1 Å². The summed E-state index contributed by atoms with van der Waals surface area (Å²) in [5, 5.41) is 3.07. The lowest BCUT2D eigenvalue weighted by atomic mass is 10.1. The Balaban J connectivity index is 1.89. The van der Waals surface area contributed by atoms with Crippen molar-refractivity contribution >= 4 is 43.5 Å². The zero-order chi connectivity index (χ0) is 24.9. The fraction of sp³-hybridized carbons (Fsp3) is 0.440. The molecule has 7 nitrogen and oxygen atoms in total. The number of amides is 2. The minimum atomic E-state index is -3.74. The Morgan fingerprint density at radius 1 is 1.12 bits per heavy atom. The van der Waals surface area contributed by atoms with Gasteiger partial charge in [0.15, 0.2) is 0 Å². The van der Waals surface area contributed by atoms with Gasteiger partial charge in [-0.1, -0.05) is 59.1 Å². The molecule has 0 bridgehead atoms. The molecule has 1 aliphatic carbocycles. The van der Waals surface area contributed by atoms with Crippen LogP contribution in [0.4, 0.5) is 5.69 Å². The first-order valence-electron chi connectivity index (χ1n) is 11.4. The molecule has 1 aliphatic rings. The third-order valence-corrected chi connectivity index (χ3v) is 7.88. The standard InChI is InChI=1S/C25H32BrN3O4S/c1-18-9-4-5-10-20(18)16-28(19(2)25(31)27-22-12-6-7-13-22)24(30)17-29(34(3,32)33)23-14-8-11-21(26)15-23/h4-5,8-11,14-15,19,22H,6-7,12-13,16-17H2,1-3H3,(H,27,31)/t19-/m1/s1. The van der Waals surface area contributed by atoms with Gasteiger partial charge in [-0.3, -0.25) is 13.9 Å². The van der Waals surface area contributed by atoms with E-state index in [-0.39, 0.29) is 18.5 Å². The van der Waals surface area contributed by atoms with E-state index in [1.165, 1.54) is 4.90 Å². The van der Waals surface area contributed by atoms with Crippen LogP contribution in [0.2, 0.25) is 0 Å². The molecule has 2 amide bonds. The number of halogens is 1. The number of rotatable bonds is 9. The predicted octanol–water partition coefficient (Wildman–Crippen LogP) is 4.00. The molecule has 0 heterocycles. The van der Waals surface area contributed by atoms with Gasteiger partial charge in [0.05, 0.1) is 11.9 Å². The van der Waals surface area contributed by atoms with Crippen LogP contribution in [-0.2, 0) is 26.2 Å². The maximum atomic E-state index is 13.6. The molecule has 0 unspecified atom stereocenters. The van der Waals surface area contributed by atoms with Crippen molar-refractivity contribution in [3.05, 3.63) is 64.1 Å². The first kappa shape index (κ1) is 26.2. The van der Waals surface area contributed by atoms with E-state index < -0.39 is 28.5 Å². The summed E-state index contributed by atoms with van der Waals surface area (Å²) in [6, 6.07) is 13.8. The highest BCUT2D eigenvalue weighted by molar-refractivity contribution is 9.10. The lowest BCUT2D eigenvalue weighted by Gasteiger charge is -2.32. The van der Waals surface area contributed by atoms with Crippen molar-refractivity contribution in [1.29, 1.82) is 0 Å². The number of hydrogen-bond donors (Lipinski definition) is 1. The van der Waals surface area contributed by atoms with E-state index in [1.807, 2.05) is 31.2 Å². The normalized spacial score (nSPS) is 15.1.